The number of nitrogens with one attached hydrogen (secondary N) is 2. The minimum absolute atomic E-state index is 0.162. The maximum Gasteiger partial charge on any atom is 0.495 e. The van der Waals surface area contributed by atoms with Gasteiger partial charge in [-0.15, -0.1) is 10.2 Å². The van der Waals surface area contributed by atoms with Crippen molar-refractivity contribution in [3.05, 3.63) is 84.6 Å². The van der Waals surface area contributed by atoms with Crippen LogP contribution < -0.4 is 16.1 Å². The predicted octanol–water partition coefficient (Wildman–Crippen LogP) is 2.83. The molecular weight excluding hydrogens is 511 g/mol. The number of fused-ring (bicyclic) bond motifs is 1. The monoisotopic (exact) mass is 536 g/mol. The highest BCUT2D eigenvalue weighted by Crippen LogP contribution is 2.34. The van der Waals surface area contributed by atoms with Crippen LogP contribution in [0.5, 0.6) is 0 Å². The van der Waals surface area contributed by atoms with Crippen molar-refractivity contribution in [2.24, 2.45) is 0 Å². The first-order valence-corrected chi connectivity index (χ1v) is 12.6. The fraction of sp³-hybridized carbons (Fsp3) is 0.185. The molecule has 12 nitrogen and oxygen atoms in total. The van der Waals surface area contributed by atoms with Crippen LogP contribution in [0.1, 0.15) is 31.1 Å². The van der Waals surface area contributed by atoms with Crippen molar-refractivity contribution in [2.45, 2.75) is 25.5 Å². The first kappa shape index (κ1) is 25.6. The smallest absolute Gasteiger partial charge is 0.423 e. The summed E-state index contributed by atoms with van der Waals surface area (Å²) >= 11 is 0. The van der Waals surface area contributed by atoms with Crippen molar-refractivity contribution < 1.29 is 19.2 Å². The third-order valence-electron chi connectivity index (χ3n) is 6.48. The van der Waals surface area contributed by atoms with Crippen molar-refractivity contribution in [1.29, 1.82) is 0 Å². The summed E-state index contributed by atoms with van der Waals surface area (Å²) in [5, 5.41) is 35.3. The molecule has 0 saturated carbocycles. The second-order valence-corrected chi connectivity index (χ2v) is 9.66. The Morgan fingerprint density at radius 1 is 1.00 bits per heavy atom. The molecule has 40 heavy (non-hydrogen) atoms. The van der Waals surface area contributed by atoms with E-state index < -0.39 is 18.8 Å². The number of aromatic nitrogens is 6. The van der Waals surface area contributed by atoms with E-state index in [0.717, 1.165) is 5.56 Å². The molecule has 0 aliphatic carbocycles. The van der Waals surface area contributed by atoms with E-state index in [1.165, 1.54) is 6.20 Å². The second-order valence-electron chi connectivity index (χ2n) is 9.66. The predicted molar refractivity (Wildman–Crippen MR) is 148 cm³/mol. The molecule has 4 N–H and O–H groups in total. The van der Waals surface area contributed by atoms with Gasteiger partial charge in [-0.25, -0.2) is 15.0 Å². The molecule has 0 unspecified atom stereocenters. The standard InChI is InChI=1S/C27H25BN8O4/c1-27(2)23-19(28(38)40-27)14-31-26(34-23)33-22-11-20(32-21(15-37)16-7-4-3-5-8-16)18(13-30-22)25-36-35-24(39-25)17-9-6-10-29-12-17/h3-14,21,37-38H,15H2,1-2H3,(H2,30,31,32,33,34)/t21-/m1/s1. The summed E-state index contributed by atoms with van der Waals surface area (Å²) in [4.78, 5) is 17.5. The quantitative estimate of drug-likeness (QED) is 0.215. The summed E-state index contributed by atoms with van der Waals surface area (Å²) in [6.07, 6.45) is 6.43. The summed E-state index contributed by atoms with van der Waals surface area (Å²) < 4.78 is 11.6. The molecule has 5 heterocycles. The van der Waals surface area contributed by atoms with Crippen LogP contribution in [-0.2, 0) is 10.3 Å². The van der Waals surface area contributed by atoms with Gasteiger partial charge in [0.1, 0.15) is 5.82 Å². The molecule has 5 aromatic rings. The topological polar surface area (TPSA) is 164 Å². The van der Waals surface area contributed by atoms with Crippen molar-refractivity contribution in [3.63, 3.8) is 0 Å². The molecule has 1 aliphatic rings. The van der Waals surface area contributed by atoms with Gasteiger partial charge in [-0.05, 0) is 31.5 Å². The second kappa shape index (κ2) is 10.5. The Kier molecular flexibility index (Phi) is 6.68. The fourth-order valence-electron chi connectivity index (χ4n) is 4.49. The molecule has 0 radical (unpaired) electrons. The van der Waals surface area contributed by atoms with Crippen LogP contribution in [0.25, 0.3) is 22.9 Å². The normalized spacial score (nSPS) is 14.6. The molecule has 1 aliphatic heterocycles. The third-order valence-corrected chi connectivity index (χ3v) is 6.48. The van der Waals surface area contributed by atoms with Gasteiger partial charge in [-0.3, -0.25) is 4.98 Å². The number of hydrogen-bond acceptors (Lipinski definition) is 12. The Balaban J connectivity index is 1.36. The largest absolute Gasteiger partial charge is 0.495 e. The summed E-state index contributed by atoms with van der Waals surface area (Å²) in [5.74, 6) is 1.28. The number of rotatable bonds is 8. The van der Waals surface area contributed by atoms with Gasteiger partial charge in [-0.1, -0.05) is 30.3 Å². The van der Waals surface area contributed by atoms with Crippen molar-refractivity contribution in [2.75, 3.05) is 17.2 Å². The van der Waals surface area contributed by atoms with Crippen molar-refractivity contribution >= 4 is 30.0 Å². The minimum Gasteiger partial charge on any atom is -0.423 e. The van der Waals surface area contributed by atoms with Crippen LogP contribution >= 0.6 is 0 Å². The van der Waals surface area contributed by atoms with Crippen LogP contribution in [0.2, 0.25) is 0 Å². The Bertz CT molecular complexity index is 1630. The molecule has 6 rings (SSSR count). The highest BCUT2D eigenvalue weighted by atomic mass is 16.5. The number of pyridine rings is 2. The van der Waals surface area contributed by atoms with Crippen LogP contribution in [-0.4, -0.2) is 54.0 Å². The van der Waals surface area contributed by atoms with Gasteiger partial charge < -0.3 is 29.8 Å². The Hall–Kier alpha value is -4.72. The van der Waals surface area contributed by atoms with Gasteiger partial charge in [-0.2, -0.15) is 0 Å². The van der Waals surface area contributed by atoms with E-state index in [2.05, 4.69) is 40.8 Å². The number of aliphatic hydroxyl groups excluding tert-OH is 1. The molecule has 1 aromatic carbocycles. The average Bonchev–Trinajstić information content (AvgIpc) is 3.55. The molecule has 1 atom stereocenters. The van der Waals surface area contributed by atoms with Gasteiger partial charge in [0.2, 0.25) is 11.8 Å². The van der Waals surface area contributed by atoms with E-state index in [4.69, 9.17) is 9.07 Å². The molecule has 0 bridgehead atoms. The molecule has 200 valence electrons. The van der Waals surface area contributed by atoms with Gasteiger partial charge >= 0.3 is 7.12 Å². The highest BCUT2D eigenvalue weighted by molar-refractivity contribution is 6.61. The minimum atomic E-state index is -1.08. The lowest BCUT2D eigenvalue weighted by Crippen LogP contribution is -2.29. The third kappa shape index (κ3) is 5.00. The van der Waals surface area contributed by atoms with Crippen molar-refractivity contribution in [3.8, 4) is 22.9 Å². The van der Waals surface area contributed by atoms with Crippen LogP contribution in [0.4, 0.5) is 17.5 Å². The molecule has 0 spiro atoms. The summed E-state index contributed by atoms with van der Waals surface area (Å²) in [6.45, 7) is 3.50. The lowest BCUT2D eigenvalue weighted by atomic mass is 9.82. The van der Waals surface area contributed by atoms with E-state index in [1.807, 2.05) is 50.2 Å². The van der Waals surface area contributed by atoms with Crippen LogP contribution in [0, 0.1) is 0 Å². The maximum absolute atomic E-state index is 10.2. The van der Waals surface area contributed by atoms with Crippen LogP contribution in [0.15, 0.2) is 77.7 Å². The van der Waals surface area contributed by atoms with E-state index in [1.54, 1.807) is 30.7 Å². The number of anilines is 3. The Morgan fingerprint density at radius 2 is 1.82 bits per heavy atom. The van der Waals surface area contributed by atoms with E-state index in [0.29, 0.717) is 39.7 Å². The molecule has 0 saturated heterocycles. The Morgan fingerprint density at radius 3 is 2.60 bits per heavy atom. The summed E-state index contributed by atoms with van der Waals surface area (Å²) in [6, 6.07) is 14.5. The fourth-order valence-corrected chi connectivity index (χ4v) is 4.49. The molecular formula is C27H25BN8O4. The average molecular weight is 536 g/mol. The van der Waals surface area contributed by atoms with Gasteiger partial charge in [0, 0.05) is 36.3 Å². The molecule has 4 aromatic heterocycles. The first-order valence-electron chi connectivity index (χ1n) is 12.6. The van der Waals surface area contributed by atoms with E-state index in [9.17, 15) is 10.1 Å². The zero-order valence-electron chi connectivity index (χ0n) is 21.7. The van der Waals surface area contributed by atoms with Gasteiger partial charge in [0.15, 0.2) is 0 Å². The van der Waals surface area contributed by atoms with Crippen LogP contribution in [0.3, 0.4) is 0 Å². The lowest BCUT2D eigenvalue weighted by molar-refractivity contribution is 0.0970. The maximum atomic E-state index is 10.2. The van der Waals surface area contributed by atoms with Crippen molar-refractivity contribution in [1.82, 2.24) is 30.1 Å². The summed E-state index contributed by atoms with van der Waals surface area (Å²) in [7, 11) is -1.08. The zero-order valence-corrected chi connectivity index (χ0v) is 21.7. The number of benzene rings is 1. The highest BCUT2D eigenvalue weighted by Gasteiger charge is 2.42. The summed E-state index contributed by atoms with van der Waals surface area (Å²) in [5.41, 5.74) is 3.04. The number of hydrogen-bond donors (Lipinski definition) is 4. The number of nitrogens with zero attached hydrogens (tertiary/aromatic N) is 6. The Labute approximate surface area is 229 Å². The molecule has 0 amide bonds. The molecule has 13 heteroatoms. The lowest BCUT2D eigenvalue weighted by Gasteiger charge is -2.20. The zero-order chi connectivity index (χ0) is 27.7. The van der Waals surface area contributed by atoms with Gasteiger partial charge in [0.25, 0.3) is 5.89 Å². The number of aliphatic hydroxyl groups is 1. The van der Waals surface area contributed by atoms with E-state index in [-0.39, 0.29) is 18.4 Å². The SMILES string of the molecule is CC1(C)OB(O)c2cnc(Nc3cc(N[C@H](CO)c4ccccc4)c(-c4nnc(-c5cccnc5)o4)cn3)nc21. The van der Waals surface area contributed by atoms with E-state index >= 15 is 0 Å². The first-order chi connectivity index (χ1) is 19.4. The van der Waals surface area contributed by atoms with Gasteiger partial charge in [0.05, 0.1) is 40.8 Å². The molecule has 0 fully saturated rings.